The van der Waals surface area contributed by atoms with Gasteiger partial charge in [0, 0.05) is 11.3 Å². The Morgan fingerprint density at radius 1 is 1.67 bits per heavy atom. The van der Waals surface area contributed by atoms with Crippen molar-refractivity contribution in [3.8, 4) is 0 Å². The molecule has 1 aliphatic heterocycles. The Labute approximate surface area is 76.0 Å². The van der Waals surface area contributed by atoms with Crippen molar-refractivity contribution in [2.75, 3.05) is 5.75 Å². The first-order valence-electron chi connectivity index (χ1n) is 4.18. The smallest absolute Gasteiger partial charge is 0.166 e. The van der Waals surface area contributed by atoms with E-state index in [1.165, 1.54) is 0 Å². The molecule has 1 aromatic rings. The summed E-state index contributed by atoms with van der Waals surface area (Å²) in [4.78, 5) is 0. The third-order valence-electron chi connectivity index (χ3n) is 2.06. The van der Waals surface area contributed by atoms with Gasteiger partial charge in [0.2, 0.25) is 0 Å². The van der Waals surface area contributed by atoms with Crippen LogP contribution < -0.4 is 0 Å². The van der Waals surface area contributed by atoms with E-state index in [9.17, 15) is 5.11 Å². The van der Waals surface area contributed by atoms with Crippen LogP contribution in [-0.4, -0.2) is 10.9 Å². The van der Waals surface area contributed by atoms with Gasteiger partial charge in [-0.1, -0.05) is 11.8 Å². The zero-order valence-electron chi connectivity index (χ0n) is 7.04. The molecule has 0 amide bonds. The summed E-state index contributed by atoms with van der Waals surface area (Å²) in [6.45, 7) is 1.92. The maximum absolute atomic E-state index is 9.68. The molecule has 0 radical (unpaired) electrons. The number of hydrogen-bond donors (Lipinski definition) is 1. The van der Waals surface area contributed by atoms with E-state index in [2.05, 4.69) is 0 Å². The van der Waals surface area contributed by atoms with Gasteiger partial charge >= 0.3 is 0 Å². The second-order valence-electron chi connectivity index (χ2n) is 3.11. The number of hydrogen-bond acceptors (Lipinski definition) is 3. The number of furan rings is 1. The molecule has 1 aromatic heterocycles. The highest BCUT2D eigenvalue weighted by Crippen LogP contribution is 2.36. The Kier molecular flexibility index (Phi) is 2.15. The van der Waals surface area contributed by atoms with E-state index in [4.69, 9.17) is 4.42 Å². The van der Waals surface area contributed by atoms with Gasteiger partial charge in [0.05, 0.1) is 6.10 Å². The van der Waals surface area contributed by atoms with Crippen LogP contribution in [0.5, 0.6) is 0 Å². The third-order valence-corrected chi connectivity index (χ3v) is 3.14. The van der Waals surface area contributed by atoms with Gasteiger partial charge in [-0.2, -0.15) is 0 Å². The molecule has 3 heteroatoms. The Morgan fingerprint density at radius 3 is 3.33 bits per heavy atom. The fourth-order valence-electron chi connectivity index (χ4n) is 1.45. The highest BCUT2D eigenvalue weighted by Gasteiger charge is 2.20. The van der Waals surface area contributed by atoms with Crippen LogP contribution in [0.3, 0.4) is 0 Å². The van der Waals surface area contributed by atoms with Crippen LogP contribution in [0.15, 0.2) is 15.6 Å². The van der Waals surface area contributed by atoms with Crippen molar-refractivity contribution in [2.45, 2.75) is 31.0 Å². The summed E-state index contributed by atoms with van der Waals surface area (Å²) < 4.78 is 5.46. The van der Waals surface area contributed by atoms with Gasteiger partial charge in [-0.05, 0) is 25.8 Å². The molecule has 1 aliphatic rings. The lowest BCUT2D eigenvalue weighted by Gasteiger charge is -2.03. The van der Waals surface area contributed by atoms with Crippen LogP contribution >= 0.6 is 11.8 Å². The minimum Gasteiger partial charge on any atom is -0.455 e. The molecule has 1 N–H and O–H groups in total. The normalized spacial score (nSPS) is 23.3. The zero-order chi connectivity index (χ0) is 8.55. The number of aliphatic hydroxyl groups excluding tert-OH is 1. The maximum Gasteiger partial charge on any atom is 0.166 e. The first-order chi connectivity index (χ1) is 5.77. The average molecular weight is 184 g/mol. The van der Waals surface area contributed by atoms with E-state index in [1.54, 1.807) is 11.8 Å². The van der Waals surface area contributed by atoms with E-state index in [0.29, 0.717) is 0 Å². The first-order valence-corrected chi connectivity index (χ1v) is 5.17. The van der Waals surface area contributed by atoms with Crippen molar-refractivity contribution in [2.24, 2.45) is 0 Å². The summed E-state index contributed by atoms with van der Waals surface area (Å²) in [5.74, 6) is 1.95. The van der Waals surface area contributed by atoms with Crippen LogP contribution in [0.2, 0.25) is 0 Å². The fourth-order valence-corrected chi connectivity index (χ4v) is 2.50. The molecule has 0 saturated heterocycles. The topological polar surface area (TPSA) is 33.4 Å². The summed E-state index contributed by atoms with van der Waals surface area (Å²) in [7, 11) is 0. The van der Waals surface area contributed by atoms with Gasteiger partial charge in [-0.3, -0.25) is 0 Å². The lowest BCUT2D eigenvalue weighted by molar-refractivity contribution is 0.162. The Balaban J connectivity index is 2.38. The largest absolute Gasteiger partial charge is 0.455 e. The average Bonchev–Trinajstić information content (AvgIpc) is 2.33. The number of rotatable bonds is 0. The standard InChI is InChI=1S/C9H12O2S/c1-6-5-7-8(10)3-2-4-12-9(7)11-6/h5,8,10H,2-4H2,1H3. The molecular formula is C9H12O2S. The van der Waals surface area contributed by atoms with Gasteiger partial charge in [0.15, 0.2) is 5.09 Å². The summed E-state index contributed by atoms with van der Waals surface area (Å²) >= 11 is 1.71. The molecule has 1 atom stereocenters. The summed E-state index contributed by atoms with van der Waals surface area (Å²) in [6, 6.07) is 1.94. The van der Waals surface area contributed by atoms with Crippen LogP contribution in [0, 0.1) is 6.92 Å². The minimum atomic E-state index is -0.313. The lowest BCUT2D eigenvalue weighted by Crippen LogP contribution is -1.94. The number of thioether (sulfide) groups is 1. The van der Waals surface area contributed by atoms with Crippen molar-refractivity contribution in [3.05, 3.63) is 17.4 Å². The highest BCUT2D eigenvalue weighted by atomic mass is 32.2. The molecule has 0 aromatic carbocycles. The molecule has 1 unspecified atom stereocenters. The van der Waals surface area contributed by atoms with Crippen LogP contribution in [0.4, 0.5) is 0 Å². The molecule has 0 saturated carbocycles. The molecular weight excluding hydrogens is 172 g/mol. The molecule has 12 heavy (non-hydrogen) atoms. The fraction of sp³-hybridized carbons (Fsp3) is 0.556. The maximum atomic E-state index is 9.68. The van der Waals surface area contributed by atoms with E-state index in [0.717, 1.165) is 35.0 Å². The van der Waals surface area contributed by atoms with Gasteiger partial charge in [-0.15, -0.1) is 0 Å². The third kappa shape index (κ3) is 1.39. The predicted octanol–water partition coefficient (Wildman–Crippen LogP) is 2.51. The van der Waals surface area contributed by atoms with Gasteiger partial charge in [-0.25, -0.2) is 0 Å². The van der Waals surface area contributed by atoms with Crippen molar-refractivity contribution in [3.63, 3.8) is 0 Å². The molecule has 0 spiro atoms. The SMILES string of the molecule is Cc1cc2c(o1)SCCCC2O. The van der Waals surface area contributed by atoms with E-state index < -0.39 is 0 Å². The van der Waals surface area contributed by atoms with E-state index in [1.807, 2.05) is 13.0 Å². The summed E-state index contributed by atoms with van der Waals surface area (Å²) in [5.41, 5.74) is 0.981. The second-order valence-corrected chi connectivity index (χ2v) is 4.17. The predicted molar refractivity (Wildman–Crippen MR) is 48.4 cm³/mol. The highest BCUT2D eigenvalue weighted by molar-refractivity contribution is 7.99. The molecule has 66 valence electrons. The molecule has 0 aliphatic carbocycles. The summed E-state index contributed by atoms with van der Waals surface area (Å²) in [5, 5.41) is 10.6. The molecule has 2 heterocycles. The quantitative estimate of drug-likeness (QED) is 0.672. The summed E-state index contributed by atoms with van der Waals surface area (Å²) in [6.07, 6.45) is 1.61. The monoisotopic (exact) mass is 184 g/mol. The Bertz CT molecular complexity index is 280. The molecule has 0 bridgehead atoms. The minimum absolute atomic E-state index is 0.313. The Hall–Kier alpha value is -0.410. The second kappa shape index (κ2) is 3.15. The number of aliphatic hydroxyl groups is 1. The van der Waals surface area contributed by atoms with E-state index in [-0.39, 0.29) is 6.10 Å². The number of fused-ring (bicyclic) bond motifs is 1. The van der Waals surface area contributed by atoms with Crippen LogP contribution in [-0.2, 0) is 0 Å². The molecule has 0 fully saturated rings. The Morgan fingerprint density at radius 2 is 2.50 bits per heavy atom. The zero-order valence-corrected chi connectivity index (χ0v) is 7.86. The van der Waals surface area contributed by atoms with Crippen molar-refractivity contribution in [1.29, 1.82) is 0 Å². The molecule has 2 nitrogen and oxygen atoms in total. The van der Waals surface area contributed by atoms with E-state index >= 15 is 0 Å². The van der Waals surface area contributed by atoms with Gasteiger partial charge < -0.3 is 9.52 Å². The van der Waals surface area contributed by atoms with Crippen molar-refractivity contribution in [1.82, 2.24) is 0 Å². The van der Waals surface area contributed by atoms with Gasteiger partial charge in [0.1, 0.15) is 5.76 Å². The van der Waals surface area contributed by atoms with Crippen LogP contribution in [0.1, 0.15) is 30.3 Å². The number of aryl methyl sites for hydroxylation is 1. The van der Waals surface area contributed by atoms with Crippen molar-refractivity contribution >= 4 is 11.8 Å². The van der Waals surface area contributed by atoms with Gasteiger partial charge in [0.25, 0.3) is 0 Å². The van der Waals surface area contributed by atoms with Crippen LogP contribution in [0.25, 0.3) is 0 Å². The van der Waals surface area contributed by atoms with Crippen molar-refractivity contribution < 1.29 is 9.52 Å². The lowest BCUT2D eigenvalue weighted by atomic mass is 10.1. The molecule has 2 rings (SSSR count). The first kappa shape index (κ1) is 8.20.